The largest absolute Gasteiger partial charge is 0.433 e. The second-order valence-corrected chi connectivity index (χ2v) is 8.35. The molecule has 2 aromatic heterocycles. The fourth-order valence-electron chi connectivity index (χ4n) is 4.31. The Hall–Kier alpha value is -3.04. The van der Waals surface area contributed by atoms with Gasteiger partial charge in [-0.05, 0) is 55.9 Å². The van der Waals surface area contributed by atoms with Crippen molar-refractivity contribution in [1.82, 2.24) is 14.8 Å². The molecule has 0 saturated heterocycles. The number of benzene rings is 1. The molecular formula is C23H23F5N4O. The molecule has 1 aromatic carbocycles. The van der Waals surface area contributed by atoms with Crippen LogP contribution in [0, 0.1) is 5.92 Å². The molecule has 1 fully saturated rings. The molecule has 10 heteroatoms. The Labute approximate surface area is 187 Å². The van der Waals surface area contributed by atoms with E-state index in [4.69, 9.17) is 0 Å². The molecule has 0 atom stereocenters. The van der Waals surface area contributed by atoms with E-state index in [9.17, 15) is 26.7 Å². The van der Waals surface area contributed by atoms with Gasteiger partial charge >= 0.3 is 6.18 Å². The van der Waals surface area contributed by atoms with Crippen molar-refractivity contribution >= 4 is 22.5 Å². The van der Waals surface area contributed by atoms with E-state index in [1.165, 1.54) is 12.1 Å². The van der Waals surface area contributed by atoms with Crippen molar-refractivity contribution in [3.63, 3.8) is 0 Å². The first-order valence-electron chi connectivity index (χ1n) is 10.8. The minimum absolute atomic E-state index is 0.183. The van der Waals surface area contributed by atoms with Crippen LogP contribution in [0.15, 0.2) is 36.5 Å². The van der Waals surface area contributed by atoms with E-state index in [0.29, 0.717) is 16.8 Å². The van der Waals surface area contributed by atoms with Gasteiger partial charge in [-0.3, -0.25) is 9.48 Å². The summed E-state index contributed by atoms with van der Waals surface area (Å²) in [5.74, 6) is -0.310. The lowest BCUT2D eigenvalue weighted by Gasteiger charge is -2.27. The summed E-state index contributed by atoms with van der Waals surface area (Å²) in [5, 5.41) is 7.34. The zero-order valence-electron chi connectivity index (χ0n) is 17.9. The summed E-state index contributed by atoms with van der Waals surface area (Å²) in [6, 6.07) is 5.64. The number of carbonyl (C=O) groups excluding carboxylic acids is 1. The number of amides is 1. The van der Waals surface area contributed by atoms with E-state index >= 15 is 0 Å². The second kappa shape index (κ2) is 9.07. The normalized spacial score (nSPS) is 19.2. The molecule has 176 valence electrons. The van der Waals surface area contributed by atoms with Crippen molar-refractivity contribution < 1.29 is 26.7 Å². The Morgan fingerprint density at radius 2 is 1.91 bits per heavy atom. The summed E-state index contributed by atoms with van der Waals surface area (Å²) < 4.78 is 67.9. The van der Waals surface area contributed by atoms with Gasteiger partial charge in [-0.2, -0.15) is 18.3 Å². The van der Waals surface area contributed by atoms with Crippen LogP contribution in [0.25, 0.3) is 10.9 Å². The molecule has 2 heterocycles. The van der Waals surface area contributed by atoms with Crippen molar-refractivity contribution in [2.45, 2.75) is 57.7 Å². The second-order valence-electron chi connectivity index (χ2n) is 8.35. The molecule has 0 spiro atoms. The van der Waals surface area contributed by atoms with Gasteiger partial charge in [0.05, 0.1) is 17.2 Å². The molecule has 0 bridgehead atoms. The highest BCUT2D eigenvalue weighted by Crippen LogP contribution is 2.36. The number of carbonyl (C=O) groups is 1. The minimum Gasteiger partial charge on any atom is -0.320 e. The summed E-state index contributed by atoms with van der Waals surface area (Å²) in [6.45, 7) is 2.17. The number of pyridine rings is 1. The van der Waals surface area contributed by atoms with Gasteiger partial charge in [0.1, 0.15) is 11.4 Å². The van der Waals surface area contributed by atoms with Crippen LogP contribution >= 0.6 is 0 Å². The smallest absolute Gasteiger partial charge is 0.320 e. The highest BCUT2D eigenvalue weighted by molar-refractivity contribution is 6.04. The molecule has 1 amide bonds. The maximum absolute atomic E-state index is 13.7. The number of fused-ring (bicyclic) bond motifs is 1. The number of nitrogens with one attached hydrogen (secondary N) is 1. The lowest BCUT2D eigenvalue weighted by molar-refractivity contribution is -0.141. The predicted molar refractivity (Wildman–Crippen MR) is 113 cm³/mol. The van der Waals surface area contributed by atoms with Crippen molar-refractivity contribution in [3.05, 3.63) is 53.5 Å². The first-order valence-corrected chi connectivity index (χ1v) is 10.8. The highest BCUT2D eigenvalue weighted by atomic mass is 19.4. The maximum Gasteiger partial charge on any atom is 0.433 e. The molecule has 4 rings (SSSR count). The summed E-state index contributed by atoms with van der Waals surface area (Å²) in [5.41, 5.74) is -2.02. The number of hydrogen-bond donors (Lipinski definition) is 1. The molecule has 0 aliphatic heterocycles. The van der Waals surface area contributed by atoms with Crippen LogP contribution in [0.1, 0.15) is 73.2 Å². The molecule has 3 aromatic rings. The van der Waals surface area contributed by atoms with Gasteiger partial charge in [-0.25, -0.2) is 13.8 Å². The third kappa shape index (κ3) is 4.99. The summed E-state index contributed by atoms with van der Waals surface area (Å²) in [7, 11) is 0. The number of anilines is 1. The lowest BCUT2D eigenvalue weighted by Crippen LogP contribution is -2.18. The third-order valence-corrected chi connectivity index (χ3v) is 6.22. The van der Waals surface area contributed by atoms with E-state index in [-0.39, 0.29) is 11.7 Å². The number of alkyl halides is 5. The molecule has 5 nitrogen and oxygen atoms in total. The molecule has 1 aliphatic rings. The van der Waals surface area contributed by atoms with Crippen LogP contribution in [0.2, 0.25) is 0 Å². The maximum atomic E-state index is 13.7. The molecule has 1 aliphatic carbocycles. The predicted octanol–water partition coefficient (Wildman–Crippen LogP) is 6.78. The Bertz CT molecular complexity index is 1150. The van der Waals surface area contributed by atoms with Crippen LogP contribution in [-0.2, 0) is 6.18 Å². The van der Waals surface area contributed by atoms with E-state index < -0.39 is 35.5 Å². The lowest BCUT2D eigenvalue weighted by atomic mass is 9.85. The Kier molecular flexibility index (Phi) is 6.36. The van der Waals surface area contributed by atoms with Crippen LogP contribution in [0.4, 0.5) is 27.6 Å². The van der Waals surface area contributed by atoms with Gasteiger partial charge in [-0.15, -0.1) is 0 Å². The number of halogens is 5. The molecule has 0 radical (unpaired) electrons. The molecule has 1 N–H and O–H groups in total. The zero-order chi connectivity index (χ0) is 23.8. The first-order chi connectivity index (χ1) is 15.7. The van der Waals surface area contributed by atoms with Crippen molar-refractivity contribution in [2.75, 3.05) is 5.32 Å². The summed E-state index contributed by atoms with van der Waals surface area (Å²) in [6.07, 6.45) is -0.652. The fourth-order valence-corrected chi connectivity index (χ4v) is 4.31. The van der Waals surface area contributed by atoms with Crippen LogP contribution < -0.4 is 5.32 Å². The first kappa shape index (κ1) is 23.1. The molecule has 1 saturated carbocycles. The number of rotatable bonds is 5. The van der Waals surface area contributed by atoms with Gasteiger partial charge in [0.25, 0.3) is 12.3 Å². The standard InChI is InChI=1S/C23H23F5N4O/c1-2-13-6-8-15(9-7-13)32-12-14-10-19(16(21(24)25)11-18(14)31-32)30-22(33)17-4-3-5-20(29-17)23(26,27)28/h3-5,10-13,15,21H,2,6-9H2,1H3,(H,30,33). The fraction of sp³-hybridized carbons (Fsp3) is 0.435. The Balaban J connectivity index is 1.62. The SMILES string of the molecule is CCC1CCC(n2cc3cc(NC(=O)c4cccc(C(F)(F)F)n4)c(C(F)F)cc3n2)CC1. The van der Waals surface area contributed by atoms with E-state index in [1.54, 1.807) is 10.9 Å². The monoisotopic (exact) mass is 466 g/mol. The van der Waals surface area contributed by atoms with E-state index in [0.717, 1.165) is 50.3 Å². The van der Waals surface area contributed by atoms with Gasteiger partial charge in [0.2, 0.25) is 0 Å². The quantitative estimate of drug-likeness (QED) is 0.422. The van der Waals surface area contributed by atoms with Crippen molar-refractivity contribution in [3.8, 4) is 0 Å². The number of nitrogens with zero attached hydrogens (tertiary/aromatic N) is 3. The van der Waals surface area contributed by atoms with Gasteiger partial charge < -0.3 is 5.32 Å². The van der Waals surface area contributed by atoms with Crippen molar-refractivity contribution in [2.24, 2.45) is 5.92 Å². The summed E-state index contributed by atoms with van der Waals surface area (Å²) in [4.78, 5) is 15.8. The Morgan fingerprint density at radius 3 is 2.55 bits per heavy atom. The van der Waals surface area contributed by atoms with Crippen LogP contribution in [0.5, 0.6) is 0 Å². The zero-order valence-corrected chi connectivity index (χ0v) is 17.9. The van der Waals surface area contributed by atoms with Crippen LogP contribution in [-0.4, -0.2) is 20.7 Å². The average molecular weight is 466 g/mol. The molecular weight excluding hydrogens is 443 g/mol. The minimum atomic E-state index is -4.73. The third-order valence-electron chi connectivity index (χ3n) is 6.22. The molecule has 0 unspecified atom stereocenters. The highest BCUT2D eigenvalue weighted by Gasteiger charge is 2.33. The van der Waals surface area contributed by atoms with Gasteiger partial charge in [0, 0.05) is 17.1 Å². The van der Waals surface area contributed by atoms with E-state index in [1.807, 2.05) is 0 Å². The summed E-state index contributed by atoms with van der Waals surface area (Å²) >= 11 is 0. The van der Waals surface area contributed by atoms with Gasteiger partial charge in [-0.1, -0.05) is 19.4 Å². The topological polar surface area (TPSA) is 59.8 Å². The van der Waals surface area contributed by atoms with Crippen molar-refractivity contribution in [1.29, 1.82) is 0 Å². The average Bonchev–Trinajstić information content (AvgIpc) is 3.21. The Morgan fingerprint density at radius 1 is 1.18 bits per heavy atom. The number of hydrogen-bond acceptors (Lipinski definition) is 3. The van der Waals surface area contributed by atoms with E-state index in [2.05, 4.69) is 22.3 Å². The number of aromatic nitrogens is 3. The molecule has 33 heavy (non-hydrogen) atoms. The van der Waals surface area contributed by atoms with Crippen LogP contribution in [0.3, 0.4) is 0 Å². The van der Waals surface area contributed by atoms with Gasteiger partial charge in [0.15, 0.2) is 0 Å².